The second kappa shape index (κ2) is 5.69. The van der Waals surface area contributed by atoms with Gasteiger partial charge >= 0.3 is 5.97 Å². The monoisotopic (exact) mass is 308 g/mol. The van der Waals surface area contributed by atoms with E-state index < -0.39 is 17.3 Å². The Morgan fingerprint density at radius 1 is 1.43 bits per heavy atom. The van der Waals surface area contributed by atoms with Crippen LogP contribution in [0.25, 0.3) is 10.2 Å². The average molecular weight is 308 g/mol. The van der Waals surface area contributed by atoms with E-state index in [-0.39, 0.29) is 0 Å². The summed E-state index contributed by atoms with van der Waals surface area (Å²) in [5.74, 6) is -1.05. The van der Waals surface area contributed by atoms with Crippen LogP contribution in [0.5, 0.6) is 5.75 Å². The highest BCUT2D eigenvalue weighted by molar-refractivity contribution is 7.22. The van der Waals surface area contributed by atoms with Crippen LogP contribution in [0.15, 0.2) is 18.2 Å². The average Bonchev–Trinajstić information content (AvgIpc) is 2.80. The molecule has 21 heavy (non-hydrogen) atoms. The molecule has 1 amide bonds. The van der Waals surface area contributed by atoms with Crippen LogP contribution in [0.1, 0.15) is 20.8 Å². The quantitative estimate of drug-likeness (QED) is 0.829. The van der Waals surface area contributed by atoms with Crippen molar-refractivity contribution in [3.05, 3.63) is 18.2 Å². The Labute approximate surface area is 125 Å². The van der Waals surface area contributed by atoms with Crippen LogP contribution in [0.4, 0.5) is 5.13 Å². The number of aliphatic carboxylic acids is 1. The Hall–Kier alpha value is -2.15. The molecule has 0 aliphatic carbocycles. The van der Waals surface area contributed by atoms with E-state index in [9.17, 15) is 9.59 Å². The van der Waals surface area contributed by atoms with Gasteiger partial charge < -0.3 is 15.2 Å². The molecule has 0 atom stereocenters. The zero-order chi connectivity index (χ0) is 15.6. The van der Waals surface area contributed by atoms with E-state index in [4.69, 9.17) is 9.84 Å². The first-order valence-corrected chi connectivity index (χ1v) is 7.24. The normalized spacial score (nSPS) is 11.4. The Kier molecular flexibility index (Phi) is 4.13. The fourth-order valence-electron chi connectivity index (χ4n) is 1.57. The number of thiazole rings is 1. The number of rotatable bonds is 5. The molecule has 0 aliphatic heterocycles. The lowest BCUT2D eigenvalue weighted by atomic mass is 9.93. The summed E-state index contributed by atoms with van der Waals surface area (Å²) in [5.41, 5.74) is -0.777. The number of hydrogen-bond acceptors (Lipinski definition) is 5. The maximum atomic E-state index is 12.0. The number of carbonyl (C=O) groups is 2. The molecule has 0 saturated carbocycles. The van der Waals surface area contributed by atoms with Gasteiger partial charge in [-0.15, -0.1) is 0 Å². The second-order valence-corrected chi connectivity index (χ2v) is 6.00. The molecule has 112 valence electrons. The van der Waals surface area contributed by atoms with Gasteiger partial charge in [-0.25, -0.2) is 4.98 Å². The summed E-state index contributed by atoms with van der Waals surface area (Å²) in [7, 11) is 0. The lowest BCUT2D eigenvalue weighted by molar-refractivity contribution is -0.151. The molecule has 0 unspecified atom stereocenters. The molecular weight excluding hydrogens is 292 g/mol. The Morgan fingerprint density at radius 3 is 2.76 bits per heavy atom. The third-order valence-corrected chi connectivity index (χ3v) is 3.93. The van der Waals surface area contributed by atoms with Gasteiger partial charge in [0.2, 0.25) is 5.91 Å². The topological polar surface area (TPSA) is 88.5 Å². The fourth-order valence-corrected chi connectivity index (χ4v) is 2.45. The van der Waals surface area contributed by atoms with E-state index in [1.165, 1.54) is 25.2 Å². The van der Waals surface area contributed by atoms with Crippen molar-refractivity contribution in [3.8, 4) is 5.75 Å². The standard InChI is InChI=1S/C14H16N2O4S/c1-4-20-8-5-6-9-10(7-8)21-13(15-9)16-11(17)14(2,3)12(18)19/h5-7H,4H2,1-3H3,(H,18,19)(H,15,16,17). The van der Waals surface area contributed by atoms with Crippen LogP contribution < -0.4 is 10.1 Å². The zero-order valence-electron chi connectivity index (χ0n) is 12.0. The number of amides is 1. The fraction of sp³-hybridized carbons (Fsp3) is 0.357. The molecule has 2 aromatic rings. The lowest BCUT2D eigenvalue weighted by Crippen LogP contribution is -2.37. The van der Waals surface area contributed by atoms with Crippen molar-refractivity contribution in [2.75, 3.05) is 11.9 Å². The number of carboxylic acids is 1. The van der Waals surface area contributed by atoms with Gasteiger partial charge in [0.05, 0.1) is 16.8 Å². The molecule has 2 N–H and O–H groups in total. The van der Waals surface area contributed by atoms with Crippen molar-refractivity contribution in [1.82, 2.24) is 4.98 Å². The molecule has 0 saturated heterocycles. The van der Waals surface area contributed by atoms with Crippen molar-refractivity contribution < 1.29 is 19.4 Å². The van der Waals surface area contributed by atoms with Crippen molar-refractivity contribution in [1.29, 1.82) is 0 Å². The van der Waals surface area contributed by atoms with Gasteiger partial charge in [-0.1, -0.05) is 11.3 Å². The summed E-state index contributed by atoms with van der Waals surface area (Å²) in [6, 6.07) is 5.45. The van der Waals surface area contributed by atoms with Gasteiger partial charge in [-0.2, -0.15) is 0 Å². The summed E-state index contributed by atoms with van der Waals surface area (Å²) >= 11 is 1.28. The number of carbonyl (C=O) groups excluding carboxylic acids is 1. The van der Waals surface area contributed by atoms with Gasteiger partial charge in [0.1, 0.15) is 11.2 Å². The summed E-state index contributed by atoms with van der Waals surface area (Å²) < 4.78 is 6.27. The highest BCUT2D eigenvalue weighted by Gasteiger charge is 2.36. The number of fused-ring (bicyclic) bond motifs is 1. The predicted molar refractivity (Wildman–Crippen MR) is 80.8 cm³/mol. The molecule has 2 rings (SSSR count). The molecule has 1 aromatic heterocycles. The molecule has 6 nitrogen and oxygen atoms in total. The molecule has 1 heterocycles. The number of anilines is 1. The third-order valence-electron chi connectivity index (χ3n) is 2.99. The molecule has 7 heteroatoms. The molecule has 0 spiro atoms. The maximum absolute atomic E-state index is 12.0. The number of benzene rings is 1. The van der Waals surface area contributed by atoms with Gasteiger partial charge in [0.25, 0.3) is 0 Å². The minimum absolute atomic E-state index is 0.373. The number of aromatic nitrogens is 1. The van der Waals surface area contributed by atoms with E-state index in [0.29, 0.717) is 11.7 Å². The minimum atomic E-state index is -1.51. The number of nitrogens with zero attached hydrogens (tertiary/aromatic N) is 1. The number of ether oxygens (including phenoxy) is 1. The highest BCUT2D eigenvalue weighted by Crippen LogP contribution is 2.30. The predicted octanol–water partition coefficient (Wildman–Crippen LogP) is 2.74. The highest BCUT2D eigenvalue weighted by atomic mass is 32.1. The zero-order valence-corrected chi connectivity index (χ0v) is 12.8. The van der Waals surface area contributed by atoms with Crippen molar-refractivity contribution in [3.63, 3.8) is 0 Å². The molecule has 1 aromatic carbocycles. The SMILES string of the molecule is CCOc1ccc2nc(NC(=O)C(C)(C)C(=O)O)sc2c1. The lowest BCUT2D eigenvalue weighted by Gasteiger charge is -2.16. The van der Waals surface area contributed by atoms with Gasteiger partial charge in [-0.3, -0.25) is 9.59 Å². The largest absolute Gasteiger partial charge is 0.494 e. The minimum Gasteiger partial charge on any atom is -0.494 e. The van der Waals surface area contributed by atoms with E-state index >= 15 is 0 Å². The first-order chi connectivity index (χ1) is 9.84. The van der Waals surface area contributed by atoms with Crippen molar-refractivity contribution in [2.24, 2.45) is 5.41 Å². The summed E-state index contributed by atoms with van der Waals surface area (Å²) in [5, 5.41) is 12.0. The molecule has 0 aliphatic rings. The molecule has 0 bridgehead atoms. The number of carboxylic acid groups (broad SMARTS) is 1. The second-order valence-electron chi connectivity index (χ2n) is 4.97. The van der Waals surface area contributed by atoms with E-state index in [2.05, 4.69) is 10.3 Å². The van der Waals surface area contributed by atoms with Crippen LogP contribution in [-0.4, -0.2) is 28.6 Å². The van der Waals surface area contributed by atoms with Crippen molar-refractivity contribution >= 4 is 38.6 Å². The summed E-state index contributed by atoms with van der Waals surface area (Å²) in [6.07, 6.45) is 0. The molecule has 0 fully saturated rings. The van der Waals surface area contributed by atoms with Crippen LogP contribution in [0, 0.1) is 5.41 Å². The number of nitrogens with one attached hydrogen (secondary N) is 1. The summed E-state index contributed by atoms with van der Waals surface area (Å²) in [6.45, 7) is 5.17. The number of hydrogen-bond donors (Lipinski definition) is 2. The van der Waals surface area contributed by atoms with Gasteiger partial charge in [-0.05, 0) is 39.0 Å². The van der Waals surface area contributed by atoms with E-state index in [1.54, 1.807) is 12.1 Å². The van der Waals surface area contributed by atoms with Crippen molar-refractivity contribution in [2.45, 2.75) is 20.8 Å². The molecular formula is C14H16N2O4S. The smallest absolute Gasteiger partial charge is 0.318 e. The van der Waals surface area contributed by atoms with Crippen LogP contribution in [0.2, 0.25) is 0 Å². The van der Waals surface area contributed by atoms with Crippen LogP contribution in [0.3, 0.4) is 0 Å². The van der Waals surface area contributed by atoms with E-state index in [0.717, 1.165) is 16.0 Å². The Bertz CT molecular complexity index is 693. The van der Waals surface area contributed by atoms with E-state index in [1.807, 2.05) is 13.0 Å². The Morgan fingerprint density at radius 2 is 2.14 bits per heavy atom. The Balaban J connectivity index is 2.23. The first-order valence-electron chi connectivity index (χ1n) is 6.43. The maximum Gasteiger partial charge on any atom is 0.318 e. The molecule has 0 radical (unpaired) electrons. The van der Waals surface area contributed by atoms with Gasteiger partial charge in [0, 0.05) is 0 Å². The third kappa shape index (κ3) is 3.13. The first kappa shape index (κ1) is 15.2. The van der Waals surface area contributed by atoms with Crippen LogP contribution in [-0.2, 0) is 9.59 Å². The summed E-state index contributed by atoms with van der Waals surface area (Å²) in [4.78, 5) is 27.3. The van der Waals surface area contributed by atoms with Gasteiger partial charge in [0.15, 0.2) is 5.13 Å². The van der Waals surface area contributed by atoms with Crippen LogP contribution >= 0.6 is 11.3 Å².